The summed E-state index contributed by atoms with van der Waals surface area (Å²) >= 11 is 0. The van der Waals surface area contributed by atoms with Gasteiger partial charge in [-0.25, -0.2) is 14.4 Å². The number of anilines is 1. The Kier molecular flexibility index (Phi) is 11.5. The van der Waals surface area contributed by atoms with Gasteiger partial charge in [0, 0.05) is 12.1 Å². The molecule has 2 N–H and O–H groups in total. The van der Waals surface area contributed by atoms with E-state index in [2.05, 4.69) is 15.6 Å². The zero-order chi connectivity index (χ0) is 39.0. The molecular formula is C42H39N5O9. The lowest BCUT2D eigenvalue weighted by molar-refractivity contribution is -0.149. The second-order valence-electron chi connectivity index (χ2n) is 13.2. The smallest absolute Gasteiger partial charge is 0.413 e. The Bertz CT molecular complexity index is 2180. The van der Waals surface area contributed by atoms with E-state index in [1.54, 1.807) is 0 Å². The van der Waals surface area contributed by atoms with Crippen molar-refractivity contribution < 1.29 is 38.1 Å². The summed E-state index contributed by atoms with van der Waals surface area (Å²) in [6.07, 6.45) is -0.983. The first-order chi connectivity index (χ1) is 27.3. The van der Waals surface area contributed by atoms with Crippen LogP contribution >= 0.6 is 0 Å². The van der Waals surface area contributed by atoms with Gasteiger partial charge in [-0.15, -0.1) is 0 Å². The summed E-state index contributed by atoms with van der Waals surface area (Å²) < 4.78 is 23.0. The molecule has 0 saturated carbocycles. The fourth-order valence-corrected chi connectivity index (χ4v) is 7.05. The Hall–Kier alpha value is -6.80. The van der Waals surface area contributed by atoms with Crippen molar-refractivity contribution in [3.63, 3.8) is 0 Å². The molecule has 1 saturated heterocycles. The number of amides is 3. The number of methoxy groups -OCH3 is 1. The summed E-state index contributed by atoms with van der Waals surface area (Å²) in [5, 5.41) is 5.28. The molecule has 56 heavy (non-hydrogen) atoms. The summed E-state index contributed by atoms with van der Waals surface area (Å²) in [6, 6.07) is 34.2. The number of hydrogen-bond acceptors (Lipinski definition) is 10. The number of rotatable bonds is 12. The van der Waals surface area contributed by atoms with E-state index in [9.17, 15) is 24.0 Å². The van der Waals surface area contributed by atoms with Crippen LogP contribution in [0.15, 0.2) is 126 Å². The van der Waals surface area contributed by atoms with Gasteiger partial charge in [0.05, 0.1) is 32.4 Å². The van der Waals surface area contributed by atoms with E-state index in [1.165, 1.54) is 24.3 Å². The third-order valence-corrected chi connectivity index (χ3v) is 9.78. The van der Waals surface area contributed by atoms with Gasteiger partial charge in [0.1, 0.15) is 25.5 Å². The van der Waals surface area contributed by atoms with Crippen LogP contribution in [0, 0.1) is 0 Å². The maximum Gasteiger partial charge on any atom is 0.413 e. The maximum absolute atomic E-state index is 13.8. The average molecular weight is 758 g/mol. The molecule has 4 aromatic carbocycles. The van der Waals surface area contributed by atoms with E-state index in [-0.39, 0.29) is 31.6 Å². The van der Waals surface area contributed by atoms with Crippen LogP contribution in [0.25, 0.3) is 11.1 Å². The Morgan fingerprint density at radius 2 is 1.43 bits per heavy atom. The largest absolute Gasteiger partial charge is 0.468 e. The van der Waals surface area contributed by atoms with Crippen LogP contribution < -0.4 is 16.3 Å². The van der Waals surface area contributed by atoms with Crippen molar-refractivity contribution >= 4 is 29.9 Å². The Balaban J connectivity index is 0.989. The van der Waals surface area contributed by atoms with Gasteiger partial charge in [-0.1, -0.05) is 109 Å². The minimum atomic E-state index is -0.844. The number of carbonyl (C=O) groups excluding carboxylic acids is 4. The second kappa shape index (κ2) is 17.1. The molecule has 2 aliphatic rings. The van der Waals surface area contributed by atoms with Crippen molar-refractivity contribution in [3.05, 3.63) is 154 Å². The number of nitrogens with zero attached hydrogens (tertiary/aromatic N) is 3. The molecule has 1 aromatic heterocycles. The van der Waals surface area contributed by atoms with Crippen LogP contribution in [0.3, 0.4) is 0 Å². The zero-order valence-corrected chi connectivity index (χ0v) is 30.4. The molecule has 3 amide bonds. The summed E-state index contributed by atoms with van der Waals surface area (Å²) in [5.74, 6) is -1.59. The highest BCUT2D eigenvalue weighted by Gasteiger charge is 2.39. The predicted molar refractivity (Wildman–Crippen MR) is 204 cm³/mol. The van der Waals surface area contributed by atoms with Gasteiger partial charge in [0.15, 0.2) is 6.10 Å². The minimum Gasteiger partial charge on any atom is -0.468 e. The zero-order valence-electron chi connectivity index (χ0n) is 30.4. The van der Waals surface area contributed by atoms with Gasteiger partial charge in [-0.2, -0.15) is 4.98 Å². The highest BCUT2D eigenvalue weighted by atomic mass is 16.6. The molecule has 1 aliphatic heterocycles. The molecule has 14 nitrogen and oxygen atoms in total. The third kappa shape index (κ3) is 8.45. The maximum atomic E-state index is 13.8. The van der Waals surface area contributed by atoms with E-state index in [0.717, 1.165) is 37.9 Å². The quantitative estimate of drug-likeness (QED) is 0.132. The van der Waals surface area contributed by atoms with Crippen LogP contribution in [0.5, 0.6) is 0 Å². The van der Waals surface area contributed by atoms with Gasteiger partial charge >= 0.3 is 23.8 Å². The van der Waals surface area contributed by atoms with E-state index < -0.39 is 61.0 Å². The molecule has 0 spiro atoms. The molecule has 1 aliphatic carbocycles. The number of esters is 1. The SMILES string of the molecule is COC(=O)CN(C(=O)Cn1ccc(NC(=O)OC(c2ccccc2)c2ccccc2)nc1=O)[C@@H]1COC[C@H]1NC(=O)OCC1c2ccccc2-c2ccccc21. The molecule has 0 unspecified atom stereocenters. The Labute approximate surface area is 322 Å². The number of fused-ring (bicyclic) bond motifs is 3. The fraction of sp³-hybridized carbons (Fsp3) is 0.238. The van der Waals surface area contributed by atoms with Crippen molar-refractivity contribution in [1.82, 2.24) is 19.8 Å². The first-order valence-corrected chi connectivity index (χ1v) is 18.0. The lowest BCUT2D eigenvalue weighted by Crippen LogP contribution is -2.55. The van der Waals surface area contributed by atoms with E-state index >= 15 is 0 Å². The normalized spacial score (nSPS) is 15.7. The van der Waals surface area contributed by atoms with Crippen LogP contribution in [-0.2, 0) is 35.1 Å². The van der Waals surface area contributed by atoms with Gasteiger partial charge < -0.3 is 29.2 Å². The summed E-state index contributed by atoms with van der Waals surface area (Å²) in [7, 11) is 1.19. The first kappa shape index (κ1) is 37.5. The van der Waals surface area contributed by atoms with Crippen molar-refractivity contribution in [3.8, 4) is 11.1 Å². The molecule has 2 heterocycles. The molecule has 2 atom stereocenters. The summed E-state index contributed by atoms with van der Waals surface area (Å²) in [4.78, 5) is 70.6. The Morgan fingerprint density at radius 1 is 0.821 bits per heavy atom. The van der Waals surface area contributed by atoms with E-state index in [4.69, 9.17) is 18.9 Å². The van der Waals surface area contributed by atoms with Crippen LogP contribution in [0.4, 0.5) is 15.4 Å². The molecule has 14 heteroatoms. The minimum absolute atomic E-state index is 0.00211. The molecule has 1 fully saturated rings. The molecule has 0 bridgehead atoms. The number of hydrogen-bond donors (Lipinski definition) is 2. The predicted octanol–water partition coefficient (Wildman–Crippen LogP) is 4.89. The van der Waals surface area contributed by atoms with Gasteiger partial charge in [0.25, 0.3) is 0 Å². The lowest BCUT2D eigenvalue weighted by Gasteiger charge is -2.31. The number of alkyl carbamates (subject to hydrolysis) is 1. The highest BCUT2D eigenvalue weighted by molar-refractivity contribution is 5.84. The number of carbonyl (C=O) groups is 4. The highest BCUT2D eigenvalue weighted by Crippen LogP contribution is 2.44. The van der Waals surface area contributed by atoms with Gasteiger partial charge in [-0.3, -0.25) is 19.5 Å². The third-order valence-electron chi connectivity index (χ3n) is 9.78. The topological polar surface area (TPSA) is 167 Å². The monoisotopic (exact) mass is 757 g/mol. The van der Waals surface area contributed by atoms with E-state index in [0.29, 0.717) is 0 Å². The van der Waals surface area contributed by atoms with Crippen LogP contribution in [-0.4, -0.2) is 84.1 Å². The van der Waals surface area contributed by atoms with Crippen molar-refractivity contribution in [2.45, 2.75) is 30.7 Å². The van der Waals surface area contributed by atoms with E-state index in [1.807, 2.05) is 109 Å². The van der Waals surface area contributed by atoms with Crippen molar-refractivity contribution in [2.24, 2.45) is 0 Å². The second-order valence-corrected chi connectivity index (χ2v) is 13.2. The lowest BCUT2D eigenvalue weighted by atomic mass is 9.98. The van der Waals surface area contributed by atoms with Gasteiger partial charge in [-0.05, 0) is 39.4 Å². The van der Waals surface area contributed by atoms with Gasteiger partial charge in [0.2, 0.25) is 5.91 Å². The molecule has 7 rings (SSSR count). The summed E-state index contributed by atoms with van der Waals surface area (Å²) in [5.41, 5.74) is 4.96. The van der Waals surface area contributed by atoms with Crippen LogP contribution in [0.2, 0.25) is 0 Å². The van der Waals surface area contributed by atoms with Crippen LogP contribution in [0.1, 0.15) is 34.3 Å². The molecule has 286 valence electrons. The molecular weight excluding hydrogens is 718 g/mol. The first-order valence-electron chi connectivity index (χ1n) is 18.0. The standard InChI is InChI=1S/C42H39N5O9/c1-53-38(49)23-47(35-26-54-25-34(35)43-41(51)55-24-33-31-18-10-8-16-29(31)30-17-9-11-19-32(30)33)37(48)22-46-21-20-36(44-40(46)50)45-42(52)56-39(27-12-4-2-5-13-27)28-14-6-3-7-15-28/h2-21,33-35,39H,22-26H2,1H3,(H,43,51)(H,44,45,50,52)/t34-,35-/m1/s1. The molecule has 5 aromatic rings. The van der Waals surface area contributed by atoms with Crippen molar-refractivity contribution in [1.29, 1.82) is 0 Å². The number of ether oxygens (including phenoxy) is 4. The Morgan fingerprint density at radius 3 is 2.04 bits per heavy atom. The number of nitrogens with one attached hydrogen (secondary N) is 2. The average Bonchev–Trinajstić information content (AvgIpc) is 3.81. The summed E-state index contributed by atoms with van der Waals surface area (Å²) in [6.45, 7) is -0.840. The number of benzene rings is 4. The number of aromatic nitrogens is 2. The fourth-order valence-electron chi connectivity index (χ4n) is 7.05. The van der Waals surface area contributed by atoms with Crippen molar-refractivity contribution in [2.75, 3.05) is 38.8 Å². The molecule has 0 radical (unpaired) electrons.